The van der Waals surface area contributed by atoms with Crippen LogP contribution in [-0.2, 0) is 14.6 Å². The summed E-state index contributed by atoms with van der Waals surface area (Å²) in [6, 6.07) is 6.37. The topological polar surface area (TPSA) is 51.2 Å². The summed E-state index contributed by atoms with van der Waals surface area (Å²) in [5, 5.41) is 0. The Labute approximate surface area is 126 Å². The minimum absolute atomic E-state index is 0.0874. The van der Waals surface area contributed by atoms with Crippen molar-refractivity contribution in [2.24, 2.45) is 0 Å². The van der Waals surface area contributed by atoms with Crippen LogP contribution in [0.15, 0.2) is 29.2 Å². The van der Waals surface area contributed by atoms with Gasteiger partial charge in [-0.3, -0.25) is 4.79 Å². The zero-order chi connectivity index (χ0) is 15.4. The van der Waals surface area contributed by atoms with Crippen molar-refractivity contribution in [3.05, 3.63) is 29.8 Å². The number of aryl methyl sites for hydroxylation is 1. The molecule has 0 radical (unpaired) electrons. The monoisotopic (exact) mass is 316 g/mol. The first-order valence-electron chi connectivity index (χ1n) is 6.77. The van der Waals surface area contributed by atoms with E-state index in [0.717, 1.165) is 18.4 Å². The Balaban J connectivity index is 3.00. The van der Waals surface area contributed by atoms with Gasteiger partial charge in [0.1, 0.15) is 0 Å². The van der Waals surface area contributed by atoms with E-state index in [0.29, 0.717) is 6.42 Å². The molecule has 112 valence electrons. The molecule has 0 heterocycles. The number of alkyl halides is 1. The van der Waals surface area contributed by atoms with Crippen LogP contribution < -0.4 is 0 Å². The van der Waals surface area contributed by atoms with E-state index in [1.165, 1.54) is 19.1 Å². The van der Waals surface area contributed by atoms with Crippen LogP contribution in [0, 0.1) is 6.92 Å². The van der Waals surface area contributed by atoms with E-state index in [1.54, 1.807) is 12.1 Å². The van der Waals surface area contributed by atoms with E-state index in [1.807, 2.05) is 13.8 Å². The highest BCUT2D eigenvalue weighted by molar-refractivity contribution is 7.95. The van der Waals surface area contributed by atoms with Gasteiger partial charge >= 0.3 is 0 Å². The Morgan fingerprint density at radius 3 is 2.25 bits per heavy atom. The number of hydrogen-bond acceptors (Lipinski definition) is 3. The quantitative estimate of drug-likeness (QED) is 0.566. The maximum atomic E-state index is 12.5. The number of unbranched alkanes of at least 4 members (excludes halogenated alkanes) is 2. The lowest BCUT2D eigenvalue weighted by Crippen LogP contribution is -2.38. The fourth-order valence-electron chi connectivity index (χ4n) is 1.85. The maximum Gasteiger partial charge on any atom is 0.204 e. The predicted molar refractivity (Wildman–Crippen MR) is 81.8 cm³/mol. The first-order valence-corrected chi connectivity index (χ1v) is 8.63. The van der Waals surface area contributed by atoms with Crippen LogP contribution >= 0.6 is 11.6 Å². The fraction of sp³-hybridized carbons (Fsp3) is 0.533. The van der Waals surface area contributed by atoms with Gasteiger partial charge in [-0.05, 0) is 32.4 Å². The van der Waals surface area contributed by atoms with Gasteiger partial charge in [0.05, 0.1) is 4.90 Å². The minimum atomic E-state index is -3.88. The van der Waals surface area contributed by atoms with Gasteiger partial charge in [0, 0.05) is 6.42 Å². The number of carbonyl (C=O) groups excluding carboxylic acids is 1. The SMILES string of the molecule is CCCCCC(=O)[C@](C)(Cl)S(=O)(=O)c1ccc(C)cc1. The highest BCUT2D eigenvalue weighted by atomic mass is 35.5. The summed E-state index contributed by atoms with van der Waals surface area (Å²) in [6.45, 7) is 5.16. The zero-order valence-electron chi connectivity index (χ0n) is 12.1. The van der Waals surface area contributed by atoms with Gasteiger partial charge in [-0.15, -0.1) is 0 Å². The third kappa shape index (κ3) is 3.61. The zero-order valence-corrected chi connectivity index (χ0v) is 13.7. The Hall–Kier alpha value is -0.870. The largest absolute Gasteiger partial charge is 0.297 e. The number of carbonyl (C=O) groups is 1. The van der Waals surface area contributed by atoms with Crippen LogP contribution in [0.4, 0.5) is 0 Å². The van der Waals surface area contributed by atoms with Gasteiger partial charge in [0.15, 0.2) is 5.78 Å². The van der Waals surface area contributed by atoms with E-state index < -0.39 is 19.8 Å². The number of rotatable bonds is 7. The van der Waals surface area contributed by atoms with E-state index in [-0.39, 0.29) is 11.3 Å². The molecule has 1 atom stereocenters. The molecular weight excluding hydrogens is 296 g/mol. The van der Waals surface area contributed by atoms with Crippen molar-refractivity contribution in [2.75, 3.05) is 0 Å². The number of hydrogen-bond donors (Lipinski definition) is 0. The van der Waals surface area contributed by atoms with Crippen molar-refractivity contribution >= 4 is 27.2 Å². The van der Waals surface area contributed by atoms with Crippen LogP contribution in [0.2, 0.25) is 0 Å². The second-order valence-corrected chi connectivity index (χ2v) is 8.39. The Kier molecular flexibility index (Phi) is 5.78. The molecule has 1 aromatic carbocycles. The molecule has 0 aromatic heterocycles. The van der Waals surface area contributed by atoms with Gasteiger partial charge in [-0.2, -0.15) is 0 Å². The molecule has 1 aromatic rings. The van der Waals surface area contributed by atoms with E-state index >= 15 is 0 Å². The lowest BCUT2D eigenvalue weighted by Gasteiger charge is -2.21. The Morgan fingerprint density at radius 1 is 1.20 bits per heavy atom. The molecule has 0 saturated heterocycles. The lowest BCUT2D eigenvalue weighted by molar-refractivity contribution is -0.119. The van der Waals surface area contributed by atoms with Crippen molar-refractivity contribution in [3.8, 4) is 0 Å². The summed E-state index contributed by atoms with van der Waals surface area (Å²) in [6.07, 6.45) is 2.72. The number of Topliss-reactive ketones (excluding diaryl/α,β-unsaturated/α-hetero) is 1. The fourth-order valence-corrected chi connectivity index (χ4v) is 3.55. The molecular formula is C15H21ClO3S. The van der Waals surface area contributed by atoms with E-state index in [2.05, 4.69) is 0 Å². The van der Waals surface area contributed by atoms with E-state index in [4.69, 9.17) is 11.6 Å². The summed E-state index contributed by atoms with van der Waals surface area (Å²) >= 11 is 6.09. The Morgan fingerprint density at radius 2 is 1.75 bits per heavy atom. The number of halogens is 1. The van der Waals surface area contributed by atoms with Gasteiger partial charge in [-0.1, -0.05) is 49.1 Å². The van der Waals surface area contributed by atoms with Crippen molar-refractivity contribution in [3.63, 3.8) is 0 Å². The van der Waals surface area contributed by atoms with Crippen LogP contribution in [0.5, 0.6) is 0 Å². The number of benzene rings is 1. The number of sulfone groups is 1. The van der Waals surface area contributed by atoms with Crippen LogP contribution in [0.1, 0.15) is 45.1 Å². The maximum absolute atomic E-state index is 12.5. The van der Waals surface area contributed by atoms with Crippen molar-refractivity contribution in [2.45, 2.75) is 55.6 Å². The normalized spacial score (nSPS) is 14.8. The molecule has 0 saturated carbocycles. The highest BCUT2D eigenvalue weighted by Gasteiger charge is 2.44. The summed E-state index contributed by atoms with van der Waals surface area (Å²) in [5.41, 5.74) is 0.953. The molecule has 0 aliphatic carbocycles. The molecule has 5 heteroatoms. The average molecular weight is 317 g/mol. The smallest absolute Gasteiger partial charge is 0.204 e. The van der Waals surface area contributed by atoms with Gasteiger partial charge in [0.25, 0.3) is 0 Å². The summed E-state index contributed by atoms with van der Waals surface area (Å²) < 4.78 is 23.1. The third-order valence-corrected chi connectivity index (χ3v) is 6.29. The lowest BCUT2D eigenvalue weighted by atomic mass is 10.1. The predicted octanol–water partition coefficient (Wildman–Crippen LogP) is 3.87. The summed E-state index contributed by atoms with van der Waals surface area (Å²) in [7, 11) is -3.88. The third-order valence-electron chi connectivity index (χ3n) is 3.34. The molecule has 0 unspecified atom stereocenters. The van der Waals surface area contributed by atoms with E-state index in [9.17, 15) is 13.2 Å². The standard InChI is InChI=1S/C15H21ClO3S/c1-4-5-6-7-14(17)15(3,16)20(18,19)13-10-8-12(2)9-11-13/h8-11H,4-7H2,1-3H3/t15-/m1/s1. The molecule has 3 nitrogen and oxygen atoms in total. The molecule has 0 bridgehead atoms. The molecule has 20 heavy (non-hydrogen) atoms. The second kappa shape index (κ2) is 6.72. The molecule has 0 aliphatic rings. The molecule has 0 aliphatic heterocycles. The van der Waals surface area contributed by atoms with Gasteiger partial charge < -0.3 is 0 Å². The second-order valence-electron chi connectivity index (χ2n) is 5.11. The highest BCUT2D eigenvalue weighted by Crippen LogP contribution is 2.32. The van der Waals surface area contributed by atoms with Crippen LogP contribution in [0.25, 0.3) is 0 Å². The molecule has 0 N–H and O–H groups in total. The average Bonchev–Trinajstić information content (AvgIpc) is 2.39. The van der Waals surface area contributed by atoms with Crippen molar-refractivity contribution in [1.82, 2.24) is 0 Å². The summed E-state index contributed by atoms with van der Waals surface area (Å²) in [5.74, 6) is -0.437. The van der Waals surface area contributed by atoms with Crippen molar-refractivity contribution < 1.29 is 13.2 Å². The molecule has 0 fully saturated rings. The summed E-state index contributed by atoms with van der Waals surface area (Å²) in [4.78, 5) is 12.2. The molecule has 0 spiro atoms. The Bertz CT molecular complexity index is 559. The van der Waals surface area contributed by atoms with Crippen LogP contribution in [-0.4, -0.2) is 18.4 Å². The van der Waals surface area contributed by atoms with Gasteiger partial charge in [0.2, 0.25) is 14.0 Å². The number of ketones is 1. The van der Waals surface area contributed by atoms with Crippen LogP contribution in [0.3, 0.4) is 0 Å². The first kappa shape index (κ1) is 17.2. The van der Waals surface area contributed by atoms with Crippen molar-refractivity contribution in [1.29, 1.82) is 0 Å². The minimum Gasteiger partial charge on any atom is -0.297 e. The van der Waals surface area contributed by atoms with Gasteiger partial charge in [-0.25, -0.2) is 8.42 Å². The first-order chi connectivity index (χ1) is 9.23. The molecule has 1 rings (SSSR count). The molecule has 0 amide bonds.